The van der Waals surface area contributed by atoms with E-state index in [2.05, 4.69) is 21.2 Å². The van der Waals surface area contributed by atoms with E-state index >= 15 is 0 Å². The zero-order valence-corrected chi connectivity index (χ0v) is 19.6. The van der Waals surface area contributed by atoms with E-state index in [4.69, 9.17) is 14.2 Å². The van der Waals surface area contributed by atoms with E-state index in [1.165, 1.54) is 4.90 Å². The Bertz CT molecular complexity index is 992. The van der Waals surface area contributed by atoms with Gasteiger partial charge in [-0.2, -0.15) is 0 Å². The van der Waals surface area contributed by atoms with Gasteiger partial charge in [0.25, 0.3) is 0 Å². The van der Waals surface area contributed by atoms with E-state index in [1.54, 1.807) is 24.3 Å². The van der Waals surface area contributed by atoms with E-state index in [-0.39, 0.29) is 25.5 Å². The number of amides is 2. The number of Topliss-reactive ketones (excluding diaryl/α,β-unsaturated/α-hetero) is 1. The zero-order chi connectivity index (χ0) is 23.3. The maximum atomic E-state index is 13.1. The molecule has 2 fully saturated rings. The summed E-state index contributed by atoms with van der Waals surface area (Å²) in [6, 6.07) is 15.3. The van der Waals surface area contributed by atoms with Gasteiger partial charge in [-0.25, -0.2) is 4.79 Å². The fraction of sp³-hybridized carbons (Fsp3) is 0.375. The number of carbonyl (C=O) groups is 3. The summed E-state index contributed by atoms with van der Waals surface area (Å²) in [4.78, 5) is 40.0. The molecular formula is C24H25BrN2O6. The number of ether oxygens (including phenoxy) is 3. The fourth-order valence-electron chi connectivity index (χ4n) is 4.04. The van der Waals surface area contributed by atoms with Crippen LogP contribution in [0.1, 0.15) is 28.8 Å². The van der Waals surface area contributed by atoms with Crippen molar-refractivity contribution >= 4 is 33.7 Å². The minimum atomic E-state index is -0.955. The van der Waals surface area contributed by atoms with Crippen LogP contribution in [0.25, 0.3) is 0 Å². The molecule has 2 aliphatic heterocycles. The van der Waals surface area contributed by atoms with Crippen molar-refractivity contribution in [1.29, 1.82) is 0 Å². The first kappa shape index (κ1) is 23.4. The lowest BCUT2D eigenvalue weighted by atomic mass is 10.0. The summed E-state index contributed by atoms with van der Waals surface area (Å²) in [5.41, 5.74) is 0.373. The van der Waals surface area contributed by atoms with Crippen LogP contribution in [0.3, 0.4) is 0 Å². The number of nitrogens with zero attached hydrogens (tertiary/aromatic N) is 1. The van der Waals surface area contributed by atoms with E-state index in [9.17, 15) is 14.4 Å². The number of benzene rings is 2. The maximum absolute atomic E-state index is 13.1. The van der Waals surface area contributed by atoms with Gasteiger partial charge in [0, 0.05) is 22.9 Å². The molecule has 1 atom stereocenters. The van der Waals surface area contributed by atoms with Gasteiger partial charge in [0.15, 0.2) is 11.5 Å². The molecule has 2 saturated heterocycles. The van der Waals surface area contributed by atoms with Gasteiger partial charge in [-0.1, -0.05) is 58.4 Å². The Hall–Kier alpha value is -2.75. The Morgan fingerprint density at radius 3 is 2.45 bits per heavy atom. The zero-order valence-electron chi connectivity index (χ0n) is 18.0. The quantitative estimate of drug-likeness (QED) is 0.592. The minimum Gasteiger partial charge on any atom is -0.444 e. The smallest absolute Gasteiger partial charge is 0.413 e. The van der Waals surface area contributed by atoms with Crippen molar-refractivity contribution in [2.45, 2.75) is 31.2 Å². The largest absolute Gasteiger partial charge is 0.444 e. The third-order valence-corrected chi connectivity index (χ3v) is 6.36. The summed E-state index contributed by atoms with van der Waals surface area (Å²) >= 11 is 3.33. The Balaban J connectivity index is 1.44. The molecule has 1 N–H and O–H groups in total. The van der Waals surface area contributed by atoms with Crippen molar-refractivity contribution in [2.75, 3.05) is 26.4 Å². The molecule has 0 saturated carbocycles. The van der Waals surface area contributed by atoms with Gasteiger partial charge in [-0.15, -0.1) is 0 Å². The van der Waals surface area contributed by atoms with Gasteiger partial charge < -0.3 is 19.5 Å². The molecule has 2 heterocycles. The predicted octanol–water partition coefficient (Wildman–Crippen LogP) is 3.29. The standard InChI is InChI=1S/C24H25BrN2O6/c25-19-8-6-18(7-9-19)21(28)14-26-22(29)20-16-33-24(10-12-31-13-11-24)27(20)23(30)32-15-17-4-2-1-3-5-17/h1-9,20H,10-16H2,(H,26,29)/t20-/m0/s1. The number of hydrogen-bond acceptors (Lipinski definition) is 6. The molecule has 1 spiro atoms. The number of ketones is 1. The van der Waals surface area contributed by atoms with Gasteiger partial charge in [0.1, 0.15) is 12.6 Å². The lowest BCUT2D eigenvalue weighted by Gasteiger charge is -2.40. The molecule has 4 rings (SSSR count). The summed E-state index contributed by atoms with van der Waals surface area (Å²) < 4.78 is 17.8. The molecule has 174 valence electrons. The Kier molecular flexibility index (Phi) is 7.42. The van der Waals surface area contributed by atoms with Gasteiger partial charge in [0.2, 0.25) is 5.91 Å². The first-order valence-corrected chi connectivity index (χ1v) is 11.6. The normalized spacial score (nSPS) is 19.3. The van der Waals surface area contributed by atoms with Gasteiger partial charge in [-0.05, 0) is 17.7 Å². The van der Waals surface area contributed by atoms with Crippen LogP contribution in [0.15, 0.2) is 59.1 Å². The summed E-state index contributed by atoms with van der Waals surface area (Å²) in [5.74, 6) is -0.686. The summed E-state index contributed by atoms with van der Waals surface area (Å²) in [7, 11) is 0. The molecule has 0 aliphatic carbocycles. The fourth-order valence-corrected chi connectivity index (χ4v) is 4.30. The lowest BCUT2D eigenvalue weighted by molar-refractivity contribution is -0.142. The first-order chi connectivity index (χ1) is 16.0. The topological polar surface area (TPSA) is 94.2 Å². The molecule has 0 unspecified atom stereocenters. The van der Waals surface area contributed by atoms with Crippen LogP contribution in [0, 0.1) is 0 Å². The number of nitrogens with one attached hydrogen (secondary N) is 1. The Morgan fingerprint density at radius 1 is 1.06 bits per heavy atom. The van der Waals surface area contributed by atoms with Crippen LogP contribution in [0.4, 0.5) is 4.79 Å². The first-order valence-electron chi connectivity index (χ1n) is 10.8. The SMILES string of the molecule is O=C(CNC(=O)[C@@H]1COC2(CCOCC2)N1C(=O)OCc1ccccc1)c1ccc(Br)cc1. The molecule has 8 nitrogen and oxygen atoms in total. The number of halogens is 1. The lowest BCUT2D eigenvalue weighted by Crippen LogP contribution is -2.57. The molecule has 2 aromatic carbocycles. The van der Waals surface area contributed by atoms with E-state index in [1.807, 2.05) is 30.3 Å². The molecule has 2 aromatic rings. The van der Waals surface area contributed by atoms with Crippen LogP contribution < -0.4 is 5.32 Å². The summed E-state index contributed by atoms with van der Waals surface area (Å²) in [5, 5.41) is 2.66. The molecule has 2 aliphatic rings. The van der Waals surface area contributed by atoms with Crippen molar-refractivity contribution in [3.63, 3.8) is 0 Å². The van der Waals surface area contributed by atoms with Crippen molar-refractivity contribution in [3.05, 3.63) is 70.2 Å². The summed E-state index contributed by atoms with van der Waals surface area (Å²) in [6.07, 6.45) is 0.252. The van der Waals surface area contributed by atoms with Crippen molar-refractivity contribution < 1.29 is 28.6 Å². The van der Waals surface area contributed by atoms with E-state index < -0.39 is 23.8 Å². The molecule has 9 heteroatoms. The molecular weight excluding hydrogens is 492 g/mol. The average Bonchev–Trinajstić information content (AvgIpc) is 3.20. The highest BCUT2D eigenvalue weighted by Gasteiger charge is 2.54. The number of rotatable bonds is 6. The Morgan fingerprint density at radius 2 is 1.76 bits per heavy atom. The predicted molar refractivity (Wildman–Crippen MR) is 122 cm³/mol. The highest BCUT2D eigenvalue weighted by Crippen LogP contribution is 2.37. The molecule has 0 aromatic heterocycles. The van der Waals surface area contributed by atoms with Gasteiger partial charge >= 0.3 is 6.09 Å². The maximum Gasteiger partial charge on any atom is 0.413 e. The number of hydrogen-bond donors (Lipinski definition) is 1. The van der Waals surface area contributed by atoms with Crippen LogP contribution in [-0.2, 0) is 25.6 Å². The summed E-state index contributed by atoms with van der Waals surface area (Å²) in [6.45, 7) is 0.760. The van der Waals surface area contributed by atoms with Crippen LogP contribution in [0.5, 0.6) is 0 Å². The molecule has 2 amide bonds. The average molecular weight is 517 g/mol. The molecule has 33 heavy (non-hydrogen) atoms. The second kappa shape index (κ2) is 10.5. The Labute approximate surface area is 200 Å². The highest BCUT2D eigenvalue weighted by molar-refractivity contribution is 9.10. The van der Waals surface area contributed by atoms with Crippen molar-refractivity contribution in [1.82, 2.24) is 10.2 Å². The second-order valence-corrected chi connectivity index (χ2v) is 8.86. The third-order valence-electron chi connectivity index (χ3n) is 5.83. The van der Waals surface area contributed by atoms with Crippen LogP contribution >= 0.6 is 15.9 Å². The molecule has 0 radical (unpaired) electrons. The second-order valence-electron chi connectivity index (χ2n) is 7.94. The number of carbonyl (C=O) groups excluding carboxylic acids is 3. The highest BCUT2D eigenvalue weighted by atomic mass is 79.9. The monoisotopic (exact) mass is 516 g/mol. The molecule has 0 bridgehead atoms. The van der Waals surface area contributed by atoms with Crippen LogP contribution in [-0.4, -0.2) is 60.8 Å². The van der Waals surface area contributed by atoms with Crippen molar-refractivity contribution in [3.8, 4) is 0 Å². The van der Waals surface area contributed by atoms with E-state index in [0.717, 1.165) is 10.0 Å². The van der Waals surface area contributed by atoms with Crippen molar-refractivity contribution in [2.24, 2.45) is 0 Å². The van der Waals surface area contributed by atoms with Gasteiger partial charge in [-0.3, -0.25) is 14.5 Å². The van der Waals surface area contributed by atoms with Crippen LogP contribution in [0.2, 0.25) is 0 Å². The van der Waals surface area contributed by atoms with Gasteiger partial charge in [0.05, 0.1) is 26.4 Å². The minimum absolute atomic E-state index is 0.0265. The third kappa shape index (κ3) is 5.43. The van der Waals surface area contributed by atoms with E-state index in [0.29, 0.717) is 31.6 Å².